The van der Waals surface area contributed by atoms with Crippen molar-refractivity contribution in [3.05, 3.63) is 76.8 Å². The van der Waals surface area contributed by atoms with Crippen LogP contribution < -0.4 is 19.5 Å². The predicted octanol–water partition coefficient (Wildman–Crippen LogP) is 4.43. The van der Waals surface area contributed by atoms with Gasteiger partial charge in [-0.15, -0.1) is 0 Å². The van der Waals surface area contributed by atoms with Crippen molar-refractivity contribution in [1.82, 2.24) is 0 Å². The maximum absolute atomic E-state index is 12.8. The summed E-state index contributed by atoms with van der Waals surface area (Å²) in [5.41, 5.74) is 1.61. The number of halogens is 1. The summed E-state index contributed by atoms with van der Waals surface area (Å²) < 4.78 is 38.7. The molecule has 0 saturated carbocycles. The highest BCUT2D eigenvalue weighted by molar-refractivity contribution is 7.92. The van der Waals surface area contributed by atoms with Crippen LogP contribution in [0.4, 0.5) is 11.4 Å². The van der Waals surface area contributed by atoms with Crippen LogP contribution >= 0.6 is 11.6 Å². The zero-order chi connectivity index (χ0) is 21.3. The Hall–Kier alpha value is -3.23. The van der Waals surface area contributed by atoms with E-state index in [0.29, 0.717) is 17.2 Å². The minimum absolute atomic E-state index is 0.0688. The number of nitrogens with one attached hydrogen (secondary N) is 2. The van der Waals surface area contributed by atoms with Crippen molar-refractivity contribution in [3.63, 3.8) is 0 Å². The predicted molar refractivity (Wildman–Crippen MR) is 114 cm³/mol. The lowest BCUT2D eigenvalue weighted by atomic mass is 10.1. The van der Waals surface area contributed by atoms with Gasteiger partial charge >= 0.3 is 0 Å². The third-order valence-electron chi connectivity index (χ3n) is 4.42. The van der Waals surface area contributed by atoms with Gasteiger partial charge in [0.05, 0.1) is 16.3 Å². The van der Waals surface area contributed by atoms with Gasteiger partial charge in [-0.1, -0.05) is 29.8 Å². The summed E-state index contributed by atoms with van der Waals surface area (Å²) in [4.78, 5) is 12.8. The van der Waals surface area contributed by atoms with Crippen molar-refractivity contribution in [1.29, 1.82) is 0 Å². The Morgan fingerprint density at radius 3 is 2.57 bits per heavy atom. The summed E-state index contributed by atoms with van der Waals surface area (Å²) in [6.45, 7) is 1.93. The van der Waals surface area contributed by atoms with E-state index in [4.69, 9.17) is 21.1 Å². The van der Waals surface area contributed by atoms with Gasteiger partial charge in [-0.2, -0.15) is 0 Å². The van der Waals surface area contributed by atoms with Gasteiger partial charge in [0.15, 0.2) is 11.5 Å². The van der Waals surface area contributed by atoms with Gasteiger partial charge in [0.25, 0.3) is 15.9 Å². The molecule has 0 saturated heterocycles. The molecular weight excluding hydrogens is 428 g/mol. The highest BCUT2D eigenvalue weighted by atomic mass is 35.5. The second kappa shape index (κ2) is 7.89. The van der Waals surface area contributed by atoms with E-state index in [1.54, 1.807) is 42.5 Å². The quantitative estimate of drug-likeness (QED) is 0.607. The van der Waals surface area contributed by atoms with E-state index in [9.17, 15) is 13.2 Å². The molecule has 4 rings (SSSR count). The molecule has 1 amide bonds. The average molecular weight is 445 g/mol. The van der Waals surface area contributed by atoms with Crippen LogP contribution in [-0.2, 0) is 10.0 Å². The molecule has 0 atom stereocenters. The molecular formula is C21H17ClN2O5S. The van der Waals surface area contributed by atoms with E-state index >= 15 is 0 Å². The van der Waals surface area contributed by atoms with Crippen molar-refractivity contribution in [3.8, 4) is 11.5 Å². The minimum atomic E-state index is -4.00. The molecule has 2 N–H and O–H groups in total. The van der Waals surface area contributed by atoms with Crippen LogP contribution in [0.2, 0.25) is 5.02 Å². The van der Waals surface area contributed by atoms with Crippen LogP contribution in [-0.4, -0.2) is 21.1 Å². The minimum Gasteiger partial charge on any atom is -0.454 e. The number of hydrogen-bond donors (Lipinski definition) is 2. The summed E-state index contributed by atoms with van der Waals surface area (Å²) in [5.74, 6) is 0.633. The molecule has 0 spiro atoms. The van der Waals surface area contributed by atoms with Crippen LogP contribution in [0.1, 0.15) is 15.9 Å². The number of rotatable bonds is 5. The monoisotopic (exact) mass is 444 g/mol. The largest absolute Gasteiger partial charge is 0.454 e. The highest BCUT2D eigenvalue weighted by Gasteiger charge is 2.22. The first-order valence-electron chi connectivity index (χ1n) is 8.92. The molecule has 3 aromatic rings. The molecule has 30 heavy (non-hydrogen) atoms. The fourth-order valence-corrected chi connectivity index (χ4v) is 4.65. The lowest BCUT2D eigenvalue weighted by Gasteiger charge is -2.14. The summed E-state index contributed by atoms with van der Waals surface area (Å²) in [6, 6.07) is 15.9. The molecule has 0 fully saturated rings. The van der Waals surface area contributed by atoms with Gasteiger partial charge in [-0.05, 0) is 48.9 Å². The number of ether oxygens (including phenoxy) is 2. The first-order valence-corrected chi connectivity index (χ1v) is 10.8. The number of benzene rings is 3. The molecule has 0 bridgehead atoms. The van der Waals surface area contributed by atoms with Gasteiger partial charge in [0.2, 0.25) is 6.79 Å². The Kier molecular flexibility index (Phi) is 5.27. The number of fused-ring (bicyclic) bond motifs is 1. The summed E-state index contributed by atoms with van der Waals surface area (Å²) in [7, 11) is -4.00. The van der Waals surface area contributed by atoms with Crippen LogP contribution in [0.3, 0.4) is 0 Å². The average Bonchev–Trinajstić information content (AvgIpc) is 3.15. The lowest BCUT2D eigenvalue weighted by Crippen LogP contribution is -2.19. The van der Waals surface area contributed by atoms with Crippen molar-refractivity contribution >= 4 is 38.9 Å². The molecule has 9 heteroatoms. The molecule has 7 nitrogen and oxygen atoms in total. The van der Waals surface area contributed by atoms with Gasteiger partial charge in [-0.3, -0.25) is 9.52 Å². The zero-order valence-electron chi connectivity index (χ0n) is 15.8. The standard InChI is InChI=1S/C21H17ClN2O5S/c1-13-6-9-20(16(22)10-13)30(26,27)24-17-5-3-2-4-15(17)21(25)23-14-7-8-18-19(11-14)29-12-28-18/h2-11,24H,12H2,1H3,(H,23,25). The van der Waals surface area contributed by atoms with Crippen molar-refractivity contribution in [2.24, 2.45) is 0 Å². The Labute approximate surface area is 178 Å². The third kappa shape index (κ3) is 4.05. The Balaban J connectivity index is 1.60. The van der Waals surface area contributed by atoms with Gasteiger partial charge < -0.3 is 14.8 Å². The van der Waals surface area contributed by atoms with E-state index in [-0.39, 0.29) is 28.0 Å². The van der Waals surface area contributed by atoms with Crippen LogP contribution in [0.5, 0.6) is 11.5 Å². The normalized spacial score (nSPS) is 12.5. The number of para-hydroxylation sites is 1. The number of amides is 1. The van der Waals surface area contributed by atoms with Crippen molar-refractivity contribution in [2.75, 3.05) is 16.8 Å². The fourth-order valence-electron chi connectivity index (χ4n) is 2.97. The maximum Gasteiger partial charge on any atom is 0.263 e. The van der Waals surface area contributed by atoms with Crippen LogP contribution in [0.15, 0.2) is 65.6 Å². The summed E-state index contributed by atoms with van der Waals surface area (Å²) in [5, 5.41) is 2.84. The highest BCUT2D eigenvalue weighted by Crippen LogP contribution is 2.34. The molecule has 154 valence electrons. The smallest absolute Gasteiger partial charge is 0.263 e. The van der Waals surface area contributed by atoms with Crippen LogP contribution in [0, 0.1) is 6.92 Å². The Morgan fingerprint density at radius 2 is 1.77 bits per heavy atom. The third-order valence-corrected chi connectivity index (χ3v) is 6.27. The van der Waals surface area contributed by atoms with E-state index in [0.717, 1.165) is 5.56 Å². The van der Waals surface area contributed by atoms with Gasteiger partial charge in [0.1, 0.15) is 4.90 Å². The number of anilines is 2. The van der Waals surface area contributed by atoms with E-state index in [1.165, 1.54) is 18.2 Å². The number of sulfonamides is 1. The maximum atomic E-state index is 12.8. The van der Waals surface area contributed by atoms with Crippen molar-refractivity contribution < 1.29 is 22.7 Å². The molecule has 1 aliphatic heterocycles. The Morgan fingerprint density at radius 1 is 1.00 bits per heavy atom. The second-order valence-electron chi connectivity index (χ2n) is 6.61. The number of carbonyl (C=O) groups is 1. The van der Waals surface area contributed by atoms with E-state index < -0.39 is 15.9 Å². The van der Waals surface area contributed by atoms with Gasteiger partial charge in [0, 0.05) is 11.8 Å². The summed E-state index contributed by atoms with van der Waals surface area (Å²) in [6.07, 6.45) is 0. The Bertz CT molecular complexity index is 1240. The topological polar surface area (TPSA) is 93.7 Å². The molecule has 0 aliphatic carbocycles. The van der Waals surface area contributed by atoms with Crippen LogP contribution in [0.25, 0.3) is 0 Å². The van der Waals surface area contributed by atoms with Gasteiger partial charge in [-0.25, -0.2) is 8.42 Å². The SMILES string of the molecule is Cc1ccc(S(=O)(=O)Nc2ccccc2C(=O)Nc2ccc3c(c2)OCO3)c(Cl)c1. The zero-order valence-corrected chi connectivity index (χ0v) is 17.4. The first-order chi connectivity index (χ1) is 14.3. The first kappa shape index (κ1) is 20.1. The molecule has 1 aliphatic rings. The molecule has 0 unspecified atom stereocenters. The van der Waals surface area contributed by atoms with Crippen molar-refractivity contribution in [2.45, 2.75) is 11.8 Å². The molecule has 0 radical (unpaired) electrons. The second-order valence-corrected chi connectivity index (χ2v) is 8.67. The van der Waals surface area contributed by atoms with E-state index in [1.807, 2.05) is 6.92 Å². The molecule has 0 aromatic heterocycles. The lowest BCUT2D eigenvalue weighted by molar-refractivity contribution is 0.102. The van der Waals surface area contributed by atoms with E-state index in [2.05, 4.69) is 10.0 Å². The number of aryl methyl sites for hydroxylation is 1. The fraction of sp³-hybridized carbons (Fsp3) is 0.0952. The number of hydrogen-bond acceptors (Lipinski definition) is 5. The summed E-state index contributed by atoms with van der Waals surface area (Å²) >= 11 is 6.12. The number of carbonyl (C=O) groups excluding carboxylic acids is 1. The molecule has 1 heterocycles. The molecule has 3 aromatic carbocycles.